The molecule has 2 heterocycles. The minimum atomic E-state index is -4.93. The van der Waals surface area contributed by atoms with Crippen LogP contribution in [0.5, 0.6) is 0 Å². The number of nitrogens with zero attached hydrogens (tertiary/aromatic N) is 2. The summed E-state index contributed by atoms with van der Waals surface area (Å²) in [5.74, 6) is -3.83. The van der Waals surface area contributed by atoms with Crippen molar-refractivity contribution >= 4 is 29.5 Å². The molecule has 3 atom stereocenters. The van der Waals surface area contributed by atoms with Gasteiger partial charge in [0, 0.05) is 17.5 Å². The van der Waals surface area contributed by atoms with E-state index in [0.717, 1.165) is 16.7 Å². The topological polar surface area (TPSA) is 144 Å². The third-order valence-electron chi connectivity index (χ3n) is 7.64. The number of aliphatic hydroxyl groups is 1. The summed E-state index contributed by atoms with van der Waals surface area (Å²) >= 11 is 1.35. The number of aromatic nitrogens is 2. The SMILES string of the molecule is Cc1ccccc1CNC(=O)[C@H]1N(C(=O)[C@@H](O)[C@H](CCc2ccccc2)NC(=O)c2cnc(C(F)(F)F)[nH]c2=O)CSC1(C)C. The molecule has 1 aromatic heterocycles. The fourth-order valence-electron chi connectivity index (χ4n) is 5.06. The number of thioether (sulfide) groups is 1. The molecule has 240 valence electrons. The average Bonchev–Trinajstić information content (AvgIpc) is 3.32. The molecule has 0 saturated carbocycles. The molecule has 4 N–H and O–H groups in total. The van der Waals surface area contributed by atoms with Crippen molar-refractivity contribution in [3.8, 4) is 0 Å². The molecule has 3 aromatic rings. The molecule has 10 nitrogen and oxygen atoms in total. The Labute approximate surface area is 261 Å². The Hall–Kier alpha value is -4.17. The number of aromatic amines is 1. The molecular weight excluding hydrogens is 611 g/mol. The van der Waals surface area contributed by atoms with E-state index in [9.17, 15) is 37.5 Å². The van der Waals surface area contributed by atoms with Gasteiger partial charge in [-0.2, -0.15) is 13.2 Å². The molecule has 1 aliphatic rings. The quantitative estimate of drug-likeness (QED) is 0.265. The van der Waals surface area contributed by atoms with Crippen LogP contribution in [0.1, 0.15) is 53.1 Å². The Morgan fingerprint density at radius 3 is 2.44 bits per heavy atom. The third kappa shape index (κ3) is 8.11. The lowest BCUT2D eigenvalue weighted by molar-refractivity contribution is -0.147. The Bertz CT molecular complexity index is 1600. The van der Waals surface area contributed by atoms with Crippen LogP contribution in [0.3, 0.4) is 0 Å². The third-order valence-corrected chi connectivity index (χ3v) is 9.02. The van der Waals surface area contributed by atoms with E-state index >= 15 is 0 Å². The maximum Gasteiger partial charge on any atom is 0.449 e. The summed E-state index contributed by atoms with van der Waals surface area (Å²) in [4.78, 5) is 58.6. The number of alkyl halides is 3. The first kappa shape index (κ1) is 33.7. The molecule has 4 rings (SSSR count). The minimum Gasteiger partial charge on any atom is -0.381 e. The smallest absolute Gasteiger partial charge is 0.381 e. The first-order valence-electron chi connectivity index (χ1n) is 14.1. The molecule has 0 unspecified atom stereocenters. The highest BCUT2D eigenvalue weighted by Gasteiger charge is 2.49. The maximum atomic E-state index is 13.8. The summed E-state index contributed by atoms with van der Waals surface area (Å²) in [6, 6.07) is 14.3. The van der Waals surface area contributed by atoms with E-state index in [1.807, 2.05) is 63.2 Å². The zero-order chi connectivity index (χ0) is 32.9. The summed E-state index contributed by atoms with van der Waals surface area (Å²) in [5, 5.41) is 16.7. The van der Waals surface area contributed by atoms with E-state index in [4.69, 9.17) is 0 Å². The standard InChI is InChI=1S/C31H34F3N5O5S/c1-18-9-7-8-12-20(18)15-35-27(43)24-30(2,3)45-17-39(24)28(44)23(40)22(14-13-19-10-5-4-6-11-19)37-25(41)21-16-36-29(31(32,33)34)38-26(21)42/h4-12,16,22-24,40H,13-15,17H2,1-3H3,(H,35,43)(H,37,41)(H,36,38,42)/t22-,23-,24+/m0/s1. The van der Waals surface area contributed by atoms with Gasteiger partial charge < -0.3 is 25.6 Å². The van der Waals surface area contributed by atoms with Gasteiger partial charge in [-0.05, 0) is 50.3 Å². The molecule has 3 amide bonds. The largest absolute Gasteiger partial charge is 0.449 e. The fraction of sp³-hybridized carbons (Fsp3) is 0.387. The molecule has 2 aromatic carbocycles. The second kappa shape index (κ2) is 13.9. The van der Waals surface area contributed by atoms with Crippen molar-refractivity contribution in [2.24, 2.45) is 0 Å². The number of nitrogens with one attached hydrogen (secondary N) is 3. The first-order chi connectivity index (χ1) is 21.2. The zero-order valence-corrected chi connectivity index (χ0v) is 25.7. The predicted octanol–water partition coefficient (Wildman–Crippen LogP) is 3.19. The van der Waals surface area contributed by atoms with E-state index in [0.29, 0.717) is 12.6 Å². The van der Waals surface area contributed by atoms with Crippen LogP contribution < -0.4 is 16.2 Å². The Kier molecular flexibility index (Phi) is 10.4. The number of H-pyrrole nitrogens is 1. The molecule has 45 heavy (non-hydrogen) atoms. The molecule has 0 bridgehead atoms. The van der Waals surface area contributed by atoms with Gasteiger partial charge in [-0.15, -0.1) is 11.8 Å². The second-order valence-electron chi connectivity index (χ2n) is 11.3. The normalized spacial score (nSPS) is 17.4. The second-order valence-corrected chi connectivity index (χ2v) is 12.9. The Morgan fingerprint density at radius 1 is 1.13 bits per heavy atom. The number of aryl methyl sites for hydroxylation is 2. The van der Waals surface area contributed by atoms with Crippen molar-refractivity contribution in [3.05, 3.63) is 99.2 Å². The molecular formula is C31H34F3N5O5S. The number of hydrogen-bond acceptors (Lipinski definition) is 7. The number of halogens is 3. The first-order valence-corrected chi connectivity index (χ1v) is 15.1. The van der Waals surface area contributed by atoms with Crippen LogP contribution in [0.15, 0.2) is 65.6 Å². The van der Waals surface area contributed by atoms with Gasteiger partial charge >= 0.3 is 6.18 Å². The molecule has 14 heteroatoms. The molecule has 1 aliphatic heterocycles. The van der Waals surface area contributed by atoms with Crippen molar-refractivity contribution < 1.29 is 32.7 Å². The Balaban J connectivity index is 1.55. The summed E-state index contributed by atoms with van der Waals surface area (Å²) in [5.41, 5.74) is 0.667. The van der Waals surface area contributed by atoms with Crippen LogP contribution in [0.4, 0.5) is 13.2 Å². The van der Waals surface area contributed by atoms with Gasteiger partial charge in [-0.3, -0.25) is 19.2 Å². The highest BCUT2D eigenvalue weighted by Crippen LogP contribution is 2.40. The van der Waals surface area contributed by atoms with Crippen molar-refractivity contribution in [2.45, 2.75) is 69.3 Å². The lowest BCUT2D eigenvalue weighted by Gasteiger charge is -2.33. The Morgan fingerprint density at radius 2 is 1.80 bits per heavy atom. The van der Waals surface area contributed by atoms with E-state index in [1.165, 1.54) is 16.7 Å². The summed E-state index contributed by atoms with van der Waals surface area (Å²) in [6.45, 7) is 5.78. The van der Waals surface area contributed by atoms with Gasteiger partial charge in [-0.25, -0.2) is 4.98 Å². The van der Waals surface area contributed by atoms with Gasteiger partial charge in [0.1, 0.15) is 11.6 Å². The van der Waals surface area contributed by atoms with Crippen LogP contribution in [0, 0.1) is 6.92 Å². The van der Waals surface area contributed by atoms with Crippen LogP contribution in [-0.4, -0.2) is 66.5 Å². The van der Waals surface area contributed by atoms with Crippen LogP contribution in [-0.2, 0) is 28.7 Å². The lowest BCUT2D eigenvalue weighted by atomic mass is 9.97. The van der Waals surface area contributed by atoms with Crippen LogP contribution >= 0.6 is 11.8 Å². The highest BCUT2D eigenvalue weighted by atomic mass is 32.2. The maximum absolute atomic E-state index is 13.8. The van der Waals surface area contributed by atoms with Crippen molar-refractivity contribution in [1.29, 1.82) is 0 Å². The summed E-state index contributed by atoms with van der Waals surface area (Å²) < 4.78 is 38.2. The number of aliphatic hydroxyl groups excluding tert-OH is 1. The zero-order valence-electron chi connectivity index (χ0n) is 24.9. The van der Waals surface area contributed by atoms with E-state index < -0.39 is 63.8 Å². The number of hydrogen-bond donors (Lipinski definition) is 4. The average molecular weight is 646 g/mol. The number of benzene rings is 2. The molecule has 1 fully saturated rings. The van der Waals surface area contributed by atoms with Gasteiger partial charge in [0.25, 0.3) is 17.4 Å². The molecule has 0 radical (unpaired) electrons. The molecule has 0 aliphatic carbocycles. The van der Waals surface area contributed by atoms with Crippen LogP contribution in [0.25, 0.3) is 0 Å². The van der Waals surface area contributed by atoms with Gasteiger partial charge in [-0.1, -0.05) is 54.6 Å². The minimum absolute atomic E-state index is 0.0309. The van der Waals surface area contributed by atoms with Crippen molar-refractivity contribution in [2.75, 3.05) is 5.88 Å². The highest BCUT2D eigenvalue weighted by molar-refractivity contribution is 8.00. The number of amides is 3. The van der Waals surface area contributed by atoms with Gasteiger partial charge in [0.05, 0.1) is 11.9 Å². The molecule has 1 saturated heterocycles. The molecule has 0 spiro atoms. The number of carbonyl (C=O) groups is 3. The van der Waals surface area contributed by atoms with Gasteiger partial charge in [0.15, 0.2) is 6.10 Å². The van der Waals surface area contributed by atoms with Gasteiger partial charge in [0.2, 0.25) is 11.7 Å². The fourth-order valence-corrected chi connectivity index (χ4v) is 6.21. The summed E-state index contributed by atoms with van der Waals surface area (Å²) in [7, 11) is 0. The van der Waals surface area contributed by atoms with E-state index in [1.54, 1.807) is 17.1 Å². The van der Waals surface area contributed by atoms with Crippen molar-refractivity contribution in [1.82, 2.24) is 25.5 Å². The summed E-state index contributed by atoms with van der Waals surface area (Å²) in [6.07, 6.45) is -5.95. The van der Waals surface area contributed by atoms with Crippen molar-refractivity contribution in [3.63, 3.8) is 0 Å². The monoisotopic (exact) mass is 645 g/mol. The predicted molar refractivity (Wildman–Crippen MR) is 162 cm³/mol. The van der Waals surface area contributed by atoms with E-state index in [2.05, 4.69) is 15.6 Å². The lowest BCUT2D eigenvalue weighted by Crippen LogP contribution is -2.58. The van der Waals surface area contributed by atoms with Crippen LogP contribution in [0.2, 0.25) is 0 Å². The van der Waals surface area contributed by atoms with E-state index in [-0.39, 0.29) is 18.8 Å². The number of carbonyl (C=O) groups excluding carboxylic acids is 3. The number of rotatable bonds is 10.